The first kappa shape index (κ1) is 17.9. The lowest BCUT2D eigenvalue weighted by molar-refractivity contribution is 0.0780. The standard InChI is InChI=1S/C18H23N3O3S/c1-21(12-16-19-17(24-20-16)13-4-2-3-5-13)18(23)14-6-8-15(9-7-14)25-11-10-22/h6-9,13,22H,2-5,10-12H2,1H3. The summed E-state index contributed by atoms with van der Waals surface area (Å²) in [6.07, 6.45) is 4.65. The van der Waals surface area contributed by atoms with E-state index in [1.165, 1.54) is 12.8 Å². The van der Waals surface area contributed by atoms with Crippen molar-refractivity contribution in [1.82, 2.24) is 15.0 Å². The molecule has 6 nitrogen and oxygen atoms in total. The molecule has 1 aliphatic carbocycles. The van der Waals surface area contributed by atoms with Crippen LogP contribution in [0.3, 0.4) is 0 Å². The number of carbonyl (C=O) groups is 1. The molecule has 1 aliphatic rings. The molecule has 0 unspecified atom stereocenters. The van der Waals surface area contributed by atoms with Gasteiger partial charge in [0.1, 0.15) is 0 Å². The fraction of sp³-hybridized carbons (Fsp3) is 0.500. The van der Waals surface area contributed by atoms with Crippen molar-refractivity contribution in [3.05, 3.63) is 41.5 Å². The molecule has 0 atom stereocenters. The molecule has 1 amide bonds. The number of aliphatic hydroxyl groups excluding tert-OH is 1. The molecule has 1 heterocycles. The van der Waals surface area contributed by atoms with Crippen molar-refractivity contribution < 1.29 is 14.4 Å². The van der Waals surface area contributed by atoms with E-state index in [1.807, 2.05) is 12.1 Å². The highest BCUT2D eigenvalue weighted by atomic mass is 32.2. The summed E-state index contributed by atoms with van der Waals surface area (Å²) in [5, 5.41) is 12.9. The average molecular weight is 361 g/mol. The maximum atomic E-state index is 12.5. The van der Waals surface area contributed by atoms with Crippen molar-refractivity contribution in [2.24, 2.45) is 0 Å². The van der Waals surface area contributed by atoms with Gasteiger partial charge in [0.2, 0.25) is 5.89 Å². The molecule has 0 radical (unpaired) electrons. The monoisotopic (exact) mass is 361 g/mol. The van der Waals surface area contributed by atoms with Crippen molar-refractivity contribution in [3.8, 4) is 0 Å². The van der Waals surface area contributed by atoms with Crippen LogP contribution in [-0.2, 0) is 6.54 Å². The third kappa shape index (κ3) is 4.61. The highest BCUT2D eigenvalue weighted by Crippen LogP contribution is 2.32. The van der Waals surface area contributed by atoms with E-state index in [0.29, 0.717) is 35.5 Å². The maximum absolute atomic E-state index is 12.5. The lowest BCUT2D eigenvalue weighted by Gasteiger charge is -2.15. The van der Waals surface area contributed by atoms with Crippen LogP contribution in [0.25, 0.3) is 0 Å². The van der Waals surface area contributed by atoms with Gasteiger partial charge in [-0.3, -0.25) is 4.79 Å². The van der Waals surface area contributed by atoms with Gasteiger partial charge in [0.15, 0.2) is 5.82 Å². The summed E-state index contributed by atoms with van der Waals surface area (Å²) >= 11 is 1.56. The van der Waals surface area contributed by atoms with Crippen molar-refractivity contribution in [3.63, 3.8) is 0 Å². The molecule has 7 heteroatoms. The topological polar surface area (TPSA) is 79.5 Å². The van der Waals surface area contributed by atoms with Gasteiger partial charge < -0.3 is 14.5 Å². The Labute approximate surface area is 151 Å². The summed E-state index contributed by atoms with van der Waals surface area (Å²) in [5.41, 5.74) is 0.621. The van der Waals surface area contributed by atoms with Crippen molar-refractivity contribution in [2.45, 2.75) is 43.0 Å². The zero-order chi connectivity index (χ0) is 17.6. The Morgan fingerprint density at radius 1 is 1.32 bits per heavy atom. The molecule has 0 spiro atoms. The fourth-order valence-corrected chi connectivity index (χ4v) is 3.69. The van der Waals surface area contributed by atoms with Crippen molar-refractivity contribution in [2.75, 3.05) is 19.4 Å². The minimum Gasteiger partial charge on any atom is -0.396 e. The number of benzene rings is 1. The SMILES string of the molecule is CN(Cc1noc(C2CCCC2)n1)C(=O)c1ccc(SCCO)cc1. The quantitative estimate of drug-likeness (QED) is 0.764. The van der Waals surface area contributed by atoms with Crippen LogP contribution in [0.5, 0.6) is 0 Å². The van der Waals surface area contributed by atoms with E-state index < -0.39 is 0 Å². The number of hydrogen-bond acceptors (Lipinski definition) is 6. The number of carbonyl (C=O) groups excluding carboxylic acids is 1. The molecule has 1 saturated carbocycles. The van der Waals surface area contributed by atoms with Crippen molar-refractivity contribution >= 4 is 17.7 Å². The summed E-state index contributed by atoms with van der Waals surface area (Å²) in [6.45, 7) is 0.470. The Hall–Kier alpha value is -1.86. The highest BCUT2D eigenvalue weighted by molar-refractivity contribution is 7.99. The Bertz CT molecular complexity index is 696. The zero-order valence-electron chi connectivity index (χ0n) is 14.4. The molecule has 0 bridgehead atoms. The molecule has 0 aliphatic heterocycles. The van der Waals surface area contributed by atoms with Crippen LogP contribution < -0.4 is 0 Å². The molecule has 134 valence electrons. The number of aromatic nitrogens is 2. The van der Waals surface area contributed by atoms with E-state index in [2.05, 4.69) is 10.1 Å². The molecular weight excluding hydrogens is 338 g/mol. The van der Waals surface area contributed by atoms with Crippen LogP contribution in [0.2, 0.25) is 0 Å². The van der Waals surface area contributed by atoms with Gasteiger partial charge in [-0.05, 0) is 37.1 Å². The van der Waals surface area contributed by atoms with E-state index in [1.54, 1.807) is 35.8 Å². The van der Waals surface area contributed by atoms with E-state index in [-0.39, 0.29) is 12.5 Å². The van der Waals surface area contributed by atoms with Gasteiger partial charge in [-0.25, -0.2) is 0 Å². The summed E-state index contributed by atoms with van der Waals surface area (Å²) in [4.78, 5) is 19.6. The van der Waals surface area contributed by atoms with Gasteiger partial charge in [0.25, 0.3) is 5.91 Å². The summed E-state index contributed by atoms with van der Waals surface area (Å²) in [5.74, 6) is 2.21. The molecule has 1 fully saturated rings. The second kappa shape index (κ2) is 8.49. The number of thioether (sulfide) groups is 1. The summed E-state index contributed by atoms with van der Waals surface area (Å²) in [6, 6.07) is 7.40. The molecule has 1 N–H and O–H groups in total. The van der Waals surface area contributed by atoms with E-state index in [0.717, 1.165) is 17.7 Å². The highest BCUT2D eigenvalue weighted by Gasteiger charge is 2.23. The number of amides is 1. The molecular formula is C18H23N3O3S. The van der Waals surface area contributed by atoms with Gasteiger partial charge in [-0.1, -0.05) is 18.0 Å². The normalized spacial score (nSPS) is 14.8. The Balaban J connectivity index is 1.58. The molecule has 1 aromatic carbocycles. The number of rotatable bonds is 7. The van der Waals surface area contributed by atoms with Crippen LogP contribution in [0.15, 0.2) is 33.7 Å². The first-order valence-electron chi connectivity index (χ1n) is 8.59. The lowest BCUT2D eigenvalue weighted by Crippen LogP contribution is -2.26. The zero-order valence-corrected chi connectivity index (χ0v) is 15.2. The minimum absolute atomic E-state index is 0.0778. The largest absolute Gasteiger partial charge is 0.396 e. The number of nitrogens with zero attached hydrogens (tertiary/aromatic N) is 3. The van der Waals surface area contributed by atoms with Gasteiger partial charge in [-0.15, -0.1) is 11.8 Å². The third-order valence-electron chi connectivity index (χ3n) is 4.37. The van der Waals surface area contributed by atoms with Crippen molar-refractivity contribution in [1.29, 1.82) is 0 Å². The number of aliphatic hydroxyl groups is 1. The molecule has 25 heavy (non-hydrogen) atoms. The van der Waals surface area contributed by atoms with Crippen LogP contribution in [0.4, 0.5) is 0 Å². The Kier molecular flexibility index (Phi) is 6.09. The summed E-state index contributed by atoms with van der Waals surface area (Å²) < 4.78 is 5.37. The minimum atomic E-state index is -0.0778. The first-order chi connectivity index (χ1) is 12.2. The van der Waals surface area contributed by atoms with Gasteiger partial charge in [-0.2, -0.15) is 4.98 Å². The van der Waals surface area contributed by atoms with Crippen LogP contribution in [0.1, 0.15) is 53.7 Å². The van der Waals surface area contributed by atoms with Gasteiger partial charge in [0.05, 0.1) is 13.2 Å². The van der Waals surface area contributed by atoms with Gasteiger partial charge in [0, 0.05) is 29.2 Å². The average Bonchev–Trinajstić information content (AvgIpc) is 3.31. The molecule has 1 aromatic heterocycles. The molecule has 3 rings (SSSR count). The predicted molar refractivity (Wildman–Crippen MR) is 95.6 cm³/mol. The first-order valence-corrected chi connectivity index (χ1v) is 9.57. The Morgan fingerprint density at radius 3 is 2.72 bits per heavy atom. The second-order valence-electron chi connectivity index (χ2n) is 6.29. The molecule has 0 saturated heterocycles. The third-order valence-corrected chi connectivity index (χ3v) is 5.37. The predicted octanol–water partition coefficient (Wildman–Crippen LogP) is 3.08. The van der Waals surface area contributed by atoms with E-state index >= 15 is 0 Å². The summed E-state index contributed by atoms with van der Waals surface area (Å²) in [7, 11) is 1.74. The Morgan fingerprint density at radius 2 is 2.04 bits per heavy atom. The van der Waals surface area contributed by atoms with Crippen LogP contribution >= 0.6 is 11.8 Å². The van der Waals surface area contributed by atoms with Crippen LogP contribution in [0, 0.1) is 0 Å². The van der Waals surface area contributed by atoms with Crippen LogP contribution in [-0.4, -0.2) is 45.5 Å². The van der Waals surface area contributed by atoms with E-state index in [9.17, 15) is 4.79 Å². The second-order valence-corrected chi connectivity index (χ2v) is 7.46. The fourth-order valence-electron chi connectivity index (χ4n) is 3.03. The molecule has 2 aromatic rings. The van der Waals surface area contributed by atoms with E-state index in [4.69, 9.17) is 9.63 Å². The maximum Gasteiger partial charge on any atom is 0.254 e. The smallest absolute Gasteiger partial charge is 0.254 e. The number of hydrogen-bond donors (Lipinski definition) is 1. The van der Waals surface area contributed by atoms with Gasteiger partial charge >= 0.3 is 0 Å². The lowest BCUT2D eigenvalue weighted by atomic mass is 10.1.